The maximum atomic E-state index is 12.6. The van der Waals surface area contributed by atoms with Crippen molar-refractivity contribution in [3.05, 3.63) is 71.9 Å². The summed E-state index contributed by atoms with van der Waals surface area (Å²) in [5.41, 5.74) is 2.41. The Morgan fingerprint density at radius 3 is 2.32 bits per heavy atom. The van der Waals surface area contributed by atoms with Gasteiger partial charge in [-0.25, -0.2) is 13.4 Å². The molecule has 0 aliphatic heterocycles. The lowest BCUT2D eigenvalue weighted by atomic mass is 10.2. The normalized spacial score (nSPS) is 10.8. The van der Waals surface area contributed by atoms with Gasteiger partial charge in [-0.1, -0.05) is 0 Å². The van der Waals surface area contributed by atoms with Crippen LogP contribution in [0.3, 0.4) is 0 Å². The van der Waals surface area contributed by atoms with Crippen LogP contribution >= 0.6 is 0 Å². The van der Waals surface area contributed by atoms with Gasteiger partial charge in [0.1, 0.15) is 11.6 Å². The van der Waals surface area contributed by atoms with E-state index in [4.69, 9.17) is 10.00 Å². The van der Waals surface area contributed by atoms with Gasteiger partial charge in [-0.15, -0.1) is 0 Å². The number of sulfonamides is 1. The molecular weight excluding hydrogens is 376 g/mol. The van der Waals surface area contributed by atoms with E-state index in [0.29, 0.717) is 22.8 Å². The molecule has 2 N–H and O–H groups in total. The number of benzene rings is 2. The van der Waals surface area contributed by atoms with Crippen LogP contribution in [0.1, 0.15) is 11.1 Å². The minimum absolute atomic E-state index is 0.144. The Balaban J connectivity index is 1.72. The molecular formula is C20H18N4O3S. The Morgan fingerprint density at radius 1 is 1.04 bits per heavy atom. The quantitative estimate of drug-likeness (QED) is 0.659. The van der Waals surface area contributed by atoms with Crippen LogP contribution in [0.25, 0.3) is 0 Å². The molecule has 142 valence electrons. The summed E-state index contributed by atoms with van der Waals surface area (Å²) in [6, 6.07) is 16.9. The van der Waals surface area contributed by atoms with Crippen molar-refractivity contribution in [1.82, 2.24) is 4.98 Å². The van der Waals surface area contributed by atoms with Crippen LogP contribution < -0.4 is 14.8 Å². The van der Waals surface area contributed by atoms with Crippen LogP contribution in [0, 0.1) is 18.3 Å². The van der Waals surface area contributed by atoms with Crippen molar-refractivity contribution in [1.29, 1.82) is 5.26 Å². The van der Waals surface area contributed by atoms with Gasteiger partial charge in [-0.05, 0) is 67.1 Å². The number of nitrogens with one attached hydrogen (secondary N) is 2. The number of methoxy groups -OCH3 is 1. The second-order valence-corrected chi connectivity index (χ2v) is 7.67. The average molecular weight is 394 g/mol. The summed E-state index contributed by atoms with van der Waals surface area (Å²) in [7, 11) is -2.20. The lowest BCUT2D eigenvalue weighted by Gasteiger charge is -2.11. The molecule has 8 heteroatoms. The van der Waals surface area contributed by atoms with Crippen LogP contribution in [0.2, 0.25) is 0 Å². The van der Waals surface area contributed by atoms with E-state index in [1.54, 1.807) is 55.5 Å². The van der Waals surface area contributed by atoms with Gasteiger partial charge >= 0.3 is 0 Å². The Kier molecular flexibility index (Phi) is 5.47. The van der Waals surface area contributed by atoms with E-state index in [9.17, 15) is 8.42 Å². The van der Waals surface area contributed by atoms with Gasteiger partial charge in [0, 0.05) is 5.69 Å². The van der Waals surface area contributed by atoms with Crippen LogP contribution in [0.15, 0.2) is 65.7 Å². The van der Waals surface area contributed by atoms with E-state index in [0.717, 1.165) is 11.3 Å². The summed E-state index contributed by atoms with van der Waals surface area (Å²) in [6.07, 6.45) is 1.43. The first kappa shape index (κ1) is 19.2. The van der Waals surface area contributed by atoms with Crippen LogP contribution in [-0.4, -0.2) is 20.5 Å². The molecule has 3 rings (SSSR count). The molecule has 2 aromatic carbocycles. The van der Waals surface area contributed by atoms with Crippen LogP contribution in [0.5, 0.6) is 5.75 Å². The number of aromatic nitrogens is 1. The number of anilines is 3. The maximum absolute atomic E-state index is 12.6. The number of aryl methyl sites for hydroxylation is 1. The largest absolute Gasteiger partial charge is 0.496 e. The number of rotatable bonds is 6. The second-order valence-electron chi connectivity index (χ2n) is 5.98. The molecule has 0 spiro atoms. The summed E-state index contributed by atoms with van der Waals surface area (Å²) < 4.78 is 32.8. The molecule has 0 atom stereocenters. The number of pyridine rings is 1. The van der Waals surface area contributed by atoms with E-state index in [1.165, 1.54) is 19.4 Å². The van der Waals surface area contributed by atoms with E-state index in [1.807, 2.05) is 0 Å². The van der Waals surface area contributed by atoms with Crippen molar-refractivity contribution in [2.75, 3.05) is 17.1 Å². The van der Waals surface area contributed by atoms with Crippen molar-refractivity contribution in [3.63, 3.8) is 0 Å². The summed E-state index contributed by atoms with van der Waals surface area (Å²) in [5, 5.41) is 11.9. The molecule has 0 fully saturated rings. The molecule has 3 aromatic rings. The molecule has 0 aliphatic rings. The predicted octanol–water partition coefficient (Wildman–Crippen LogP) is 3.81. The molecule has 0 bridgehead atoms. The third-order valence-corrected chi connectivity index (χ3v) is 5.36. The molecule has 1 aromatic heterocycles. The highest BCUT2D eigenvalue weighted by Gasteiger charge is 2.16. The predicted molar refractivity (Wildman–Crippen MR) is 107 cm³/mol. The molecule has 28 heavy (non-hydrogen) atoms. The number of hydrogen-bond acceptors (Lipinski definition) is 6. The zero-order valence-corrected chi connectivity index (χ0v) is 16.1. The number of nitrogens with zero attached hydrogens (tertiary/aromatic N) is 2. The summed E-state index contributed by atoms with van der Waals surface area (Å²) in [4.78, 5) is 4.36. The van der Waals surface area contributed by atoms with Gasteiger partial charge in [0.15, 0.2) is 0 Å². The number of nitriles is 1. The summed E-state index contributed by atoms with van der Waals surface area (Å²) in [5.74, 6) is 1.17. The third-order valence-electron chi connectivity index (χ3n) is 3.98. The molecule has 0 aliphatic carbocycles. The van der Waals surface area contributed by atoms with E-state index < -0.39 is 10.0 Å². The fraction of sp³-hybridized carbons (Fsp3) is 0.100. The fourth-order valence-electron chi connectivity index (χ4n) is 2.54. The summed E-state index contributed by atoms with van der Waals surface area (Å²) in [6.45, 7) is 1.78. The molecule has 0 amide bonds. The third kappa shape index (κ3) is 4.39. The highest BCUT2D eigenvalue weighted by molar-refractivity contribution is 7.92. The van der Waals surface area contributed by atoms with Gasteiger partial charge in [0.2, 0.25) is 0 Å². The molecule has 0 unspecified atom stereocenters. The average Bonchev–Trinajstić information content (AvgIpc) is 2.70. The SMILES string of the molecule is COc1ccc(S(=O)(=O)Nc2ccc(Nc3ccc(C#N)cc3)nc2)cc1C. The monoisotopic (exact) mass is 394 g/mol. The highest BCUT2D eigenvalue weighted by atomic mass is 32.2. The first-order valence-electron chi connectivity index (χ1n) is 8.32. The van der Waals surface area contributed by atoms with Crippen molar-refractivity contribution >= 4 is 27.2 Å². The minimum atomic E-state index is -3.74. The molecule has 0 saturated carbocycles. The standard InChI is InChI=1S/C20H18N4O3S/c1-14-11-18(8-9-19(14)27-2)28(25,26)24-17-7-10-20(22-13-17)23-16-5-3-15(12-21)4-6-16/h3-11,13,24H,1-2H3,(H,22,23). The lowest BCUT2D eigenvalue weighted by Crippen LogP contribution is -2.13. The Labute approximate surface area is 163 Å². The zero-order chi connectivity index (χ0) is 20.1. The topological polar surface area (TPSA) is 104 Å². The maximum Gasteiger partial charge on any atom is 0.261 e. The molecule has 7 nitrogen and oxygen atoms in total. The van der Waals surface area contributed by atoms with Gasteiger partial charge in [-0.2, -0.15) is 5.26 Å². The van der Waals surface area contributed by atoms with E-state index in [-0.39, 0.29) is 4.90 Å². The minimum Gasteiger partial charge on any atom is -0.496 e. The van der Waals surface area contributed by atoms with Gasteiger partial charge in [-0.3, -0.25) is 4.72 Å². The Morgan fingerprint density at radius 2 is 1.75 bits per heavy atom. The Hall–Kier alpha value is -3.57. The Bertz CT molecular complexity index is 1120. The second kappa shape index (κ2) is 7.98. The summed E-state index contributed by atoms with van der Waals surface area (Å²) >= 11 is 0. The smallest absolute Gasteiger partial charge is 0.261 e. The first-order valence-corrected chi connectivity index (χ1v) is 9.80. The number of hydrogen-bond donors (Lipinski definition) is 2. The van der Waals surface area contributed by atoms with Crippen LogP contribution in [-0.2, 0) is 10.0 Å². The van der Waals surface area contributed by atoms with Crippen LogP contribution in [0.4, 0.5) is 17.2 Å². The van der Waals surface area contributed by atoms with Crippen molar-refractivity contribution in [3.8, 4) is 11.8 Å². The lowest BCUT2D eigenvalue weighted by molar-refractivity contribution is 0.411. The molecule has 0 saturated heterocycles. The fourth-order valence-corrected chi connectivity index (χ4v) is 3.66. The van der Waals surface area contributed by atoms with Gasteiger partial charge in [0.25, 0.3) is 10.0 Å². The van der Waals surface area contributed by atoms with Crippen molar-refractivity contribution in [2.24, 2.45) is 0 Å². The highest BCUT2D eigenvalue weighted by Crippen LogP contribution is 2.23. The van der Waals surface area contributed by atoms with E-state index >= 15 is 0 Å². The van der Waals surface area contributed by atoms with Crippen molar-refractivity contribution < 1.29 is 13.2 Å². The van der Waals surface area contributed by atoms with E-state index in [2.05, 4.69) is 21.1 Å². The van der Waals surface area contributed by atoms with Gasteiger partial charge in [0.05, 0.1) is 35.5 Å². The zero-order valence-electron chi connectivity index (χ0n) is 15.3. The van der Waals surface area contributed by atoms with Crippen molar-refractivity contribution in [2.45, 2.75) is 11.8 Å². The number of ether oxygens (including phenoxy) is 1. The van der Waals surface area contributed by atoms with Gasteiger partial charge < -0.3 is 10.1 Å². The first-order chi connectivity index (χ1) is 13.4. The molecule has 1 heterocycles. The molecule has 0 radical (unpaired) electrons.